The maximum atomic E-state index is 13.3. The van der Waals surface area contributed by atoms with Crippen LogP contribution in [0.25, 0.3) is 0 Å². The number of rotatable bonds is 7. The van der Waals surface area contributed by atoms with E-state index in [2.05, 4.69) is 19.2 Å². The van der Waals surface area contributed by atoms with Gasteiger partial charge < -0.3 is 10.1 Å². The largest absolute Gasteiger partial charge is 0.489 e. The van der Waals surface area contributed by atoms with E-state index in [1.54, 1.807) is 13.0 Å². The first kappa shape index (κ1) is 14.0. The lowest BCUT2D eigenvalue weighted by Gasteiger charge is -2.18. The Morgan fingerprint density at radius 1 is 1.35 bits per heavy atom. The second kappa shape index (κ2) is 7.28. The van der Waals surface area contributed by atoms with Crippen molar-refractivity contribution < 1.29 is 9.13 Å². The summed E-state index contributed by atoms with van der Waals surface area (Å²) < 4.78 is 19.1. The van der Waals surface area contributed by atoms with E-state index in [1.165, 1.54) is 6.07 Å². The molecule has 1 N–H and O–H groups in total. The average Bonchev–Trinajstić information content (AvgIpc) is 2.32. The van der Waals surface area contributed by atoms with Gasteiger partial charge in [-0.15, -0.1) is 0 Å². The number of ether oxygens (including phenoxy) is 1. The van der Waals surface area contributed by atoms with Crippen LogP contribution in [0.2, 0.25) is 0 Å². The molecule has 96 valence electrons. The van der Waals surface area contributed by atoms with Crippen molar-refractivity contribution in [1.29, 1.82) is 0 Å². The van der Waals surface area contributed by atoms with Crippen LogP contribution in [0.3, 0.4) is 0 Å². The number of benzene rings is 1. The first-order valence-corrected chi connectivity index (χ1v) is 6.30. The number of hydrogen-bond acceptors (Lipinski definition) is 2. The van der Waals surface area contributed by atoms with Gasteiger partial charge in [-0.25, -0.2) is 4.39 Å². The zero-order valence-corrected chi connectivity index (χ0v) is 10.9. The molecule has 2 nitrogen and oxygen atoms in total. The average molecular weight is 239 g/mol. The first-order chi connectivity index (χ1) is 8.17. The van der Waals surface area contributed by atoms with Crippen molar-refractivity contribution in [1.82, 2.24) is 5.32 Å². The predicted octanol–water partition coefficient (Wildman–Crippen LogP) is 3.29. The normalized spacial score (nSPS) is 12.5. The highest BCUT2D eigenvalue weighted by Gasteiger charge is 2.08. The zero-order valence-electron chi connectivity index (χ0n) is 10.9. The molecule has 0 amide bonds. The van der Waals surface area contributed by atoms with Gasteiger partial charge in [0.05, 0.1) is 0 Å². The molecular weight excluding hydrogens is 217 g/mol. The highest BCUT2D eigenvalue weighted by atomic mass is 19.1. The Hall–Kier alpha value is -1.09. The lowest BCUT2D eigenvalue weighted by Crippen LogP contribution is -2.31. The second-order valence-corrected chi connectivity index (χ2v) is 4.26. The van der Waals surface area contributed by atoms with Crippen LogP contribution >= 0.6 is 0 Å². The quantitative estimate of drug-likeness (QED) is 0.737. The molecule has 1 aromatic rings. The standard InChI is InChI=1S/C14H22FNO/c1-4-8-16-10-12(5-2)17-13-7-6-11(3)14(15)9-13/h6-7,9,12,16H,4-5,8,10H2,1-3H3. The smallest absolute Gasteiger partial charge is 0.129 e. The molecule has 0 heterocycles. The van der Waals surface area contributed by atoms with Gasteiger partial charge in [0, 0.05) is 12.6 Å². The summed E-state index contributed by atoms with van der Waals surface area (Å²) in [5.74, 6) is 0.400. The molecule has 0 aromatic heterocycles. The Morgan fingerprint density at radius 2 is 2.12 bits per heavy atom. The molecule has 0 radical (unpaired) electrons. The summed E-state index contributed by atoms with van der Waals surface area (Å²) in [6.45, 7) is 7.74. The van der Waals surface area contributed by atoms with Crippen LogP contribution in [0.15, 0.2) is 18.2 Å². The third-order valence-corrected chi connectivity index (χ3v) is 2.70. The minimum absolute atomic E-state index is 0.101. The fourth-order valence-corrected chi connectivity index (χ4v) is 1.55. The van der Waals surface area contributed by atoms with Crippen molar-refractivity contribution in [3.8, 4) is 5.75 Å². The summed E-state index contributed by atoms with van der Waals surface area (Å²) in [7, 11) is 0. The Kier molecular flexibility index (Phi) is 5.98. The van der Waals surface area contributed by atoms with Crippen molar-refractivity contribution in [3.05, 3.63) is 29.6 Å². The van der Waals surface area contributed by atoms with Gasteiger partial charge in [0.2, 0.25) is 0 Å². The Balaban J connectivity index is 2.51. The van der Waals surface area contributed by atoms with E-state index in [1.807, 2.05) is 6.07 Å². The third-order valence-electron chi connectivity index (χ3n) is 2.70. The van der Waals surface area contributed by atoms with Gasteiger partial charge in [0.25, 0.3) is 0 Å². The van der Waals surface area contributed by atoms with Crippen LogP contribution in [0.1, 0.15) is 32.3 Å². The summed E-state index contributed by atoms with van der Waals surface area (Å²) in [6.07, 6.45) is 2.12. The van der Waals surface area contributed by atoms with Crippen molar-refractivity contribution in [2.75, 3.05) is 13.1 Å². The van der Waals surface area contributed by atoms with Gasteiger partial charge in [-0.05, 0) is 37.9 Å². The van der Waals surface area contributed by atoms with Gasteiger partial charge in [-0.3, -0.25) is 0 Å². The van der Waals surface area contributed by atoms with Crippen LogP contribution in [-0.2, 0) is 0 Å². The van der Waals surface area contributed by atoms with Crippen molar-refractivity contribution in [3.63, 3.8) is 0 Å². The van der Waals surface area contributed by atoms with Gasteiger partial charge in [0.15, 0.2) is 0 Å². The zero-order chi connectivity index (χ0) is 12.7. The van der Waals surface area contributed by atoms with Crippen LogP contribution in [0.5, 0.6) is 5.75 Å². The molecular formula is C14H22FNO. The van der Waals surface area contributed by atoms with Crippen LogP contribution < -0.4 is 10.1 Å². The Bertz CT molecular complexity index is 341. The van der Waals surface area contributed by atoms with E-state index in [0.29, 0.717) is 11.3 Å². The number of halogens is 1. The van der Waals surface area contributed by atoms with E-state index in [4.69, 9.17) is 4.74 Å². The molecule has 0 aliphatic rings. The minimum Gasteiger partial charge on any atom is -0.489 e. The highest BCUT2D eigenvalue weighted by molar-refractivity contribution is 5.28. The first-order valence-electron chi connectivity index (χ1n) is 6.30. The maximum absolute atomic E-state index is 13.3. The highest BCUT2D eigenvalue weighted by Crippen LogP contribution is 2.17. The molecule has 1 aromatic carbocycles. The fraction of sp³-hybridized carbons (Fsp3) is 0.571. The number of hydrogen-bond donors (Lipinski definition) is 1. The lowest BCUT2D eigenvalue weighted by molar-refractivity contribution is 0.193. The molecule has 0 saturated heterocycles. The van der Waals surface area contributed by atoms with E-state index in [0.717, 1.165) is 25.9 Å². The summed E-state index contributed by atoms with van der Waals surface area (Å²) in [5, 5.41) is 3.31. The molecule has 1 unspecified atom stereocenters. The Morgan fingerprint density at radius 3 is 2.71 bits per heavy atom. The molecule has 0 spiro atoms. The summed E-state index contributed by atoms with van der Waals surface area (Å²) in [5.41, 5.74) is 0.648. The lowest BCUT2D eigenvalue weighted by atomic mass is 10.2. The topological polar surface area (TPSA) is 21.3 Å². The van der Waals surface area contributed by atoms with Crippen LogP contribution in [0.4, 0.5) is 4.39 Å². The predicted molar refractivity (Wildman–Crippen MR) is 69.0 cm³/mol. The third kappa shape index (κ3) is 4.73. The van der Waals surface area contributed by atoms with Gasteiger partial charge >= 0.3 is 0 Å². The molecule has 3 heteroatoms. The van der Waals surface area contributed by atoms with Crippen LogP contribution in [-0.4, -0.2) is 19.2 Å². The molecule has 17 heavy (non-hydrogen) atoms. The van der Waals surface area contributed by atoms with E-state index < -0.39 is 0 Å². The minimum atomic E-state index is -0.209. The second-order valence-electron chi connectivity index (χ2n) is 4.26. The summed E-state index contributed by atoms with van der Waals surface area (Å²) >= 11 is 0. The molecule has 0 aliphatic carbocycles. The summed E-state index contributed by atoms with van der Waals surface area (Å²) in [6, 6.07) is 5.02. The van der Waals surface area contributed by atoms with Gasteiger partial charge in [0.1, 0.15) is 17.7 Å². The molecule has 0 bridgehead atoms. The monoisotopic (exact) mass is 239 g/mol. The van der Waals surface area contributed by atoms with E-state index in [9.17, 15) is 4.39 Å². The molecule has 1 rings (SSSR count). The van der Waals surface area contributed by atoms with Crippen LogP contribution in [0, 0.1) is 12.7 Å². The number of nitrogens with one attached hydrogen (secondary N) is 1. The van der Waals surface area contributed by atoms with E-state index >= 15 is 0 Å². The molecule has 1 atom stereocenters. The van der Waals surface area contributed by atoms with Gasteiger partial charge in [-0.1, -0.05) is 19.9 Å². The fourth-order valence-electron chi connectivity index (χ4n) is 1.55. The Labute approximate surface area is 103 Å². The molecule has 0 saturated carbocycles. The summed E-state index contributed by atoms with van der Waals surface area (Å²) in [4.78, 5) is 0. The van der Waals surface area contributed by atoms with Gasteiger partial charge in [-0.2, -0.15) is 0 Å². The van der Waals surface area contributed by atoms with Crippen molar-refractivity contribution >= 4 is 0 Å². The molecule has 0 aliphatic heterocycles. The molecule has 0 fully saturated rings. The van der Waals surface area contributed by atoms with Crippen molar-refractivity contribution in [2.24, 2.45) is 0 Å². The maximum Gasteiger partial charge on any atom is 0.129 e. The SMILES string of the molecule is CCCNCC(CC)Oc1ccc(C)c(F)c1. The number of aryl methyl sites for hydroxylation is 1. The van der Waals surface area contributed by atoms with E-state index in [-0.39, 0.29) is 11.9 Å². The van der Waals surface area contributed by atoms with Crippen molar-refractivity contribution in [2.45, 2.75) is 39.7 Å².